The standard InChI is InChI=1S/C9H8BrNO2/c10-8-4-2-6-1-3-7(12)5-11(6)9(8)13/h2,4H,1,3,5H2. The third-order valence-corrected chi connectivity index (χ3v) is 2.82. The van der Waals surface area contributed by atoms with Crippen LogP contribution in [0.3, 0.4) is 0 Å². The SMILES string of the molecule is O=C1CCc2ccc(Br)c(=O)n2C1. The molecule has 0 N–H and O–H groups in total. The van der Waals surface area contributed by atoms with E-state index in [1.807, 2.05) is 6.07 Å². The zero-order valence-corrected chi connectivity index (χ0v) is 8.50. The van der Waals surface area contributed by atoms with Crippen LogP contribution in [-0.4, -0.2) is 10.4 Å². The van der Waals surface area contributed by atoms with E-state index in [0.29, 0.717) is 17.3 Å². The van der Waals surface area contributed by atoms with Gasteiger partial charge in [0.2, 0.25) is 0 Å². The number of carbonyl (C=O) groups excluding carboxylic acids is 1. The van der Waals surface area contributed by atoms with E-state index in [-0.39, 0.29) is 17.9 Å². The number of pyridine rings is 1. The lowest BCUT2D eigenvalue weighted by Gasteiger charge is -2.16. The van der Waals surface area contributed by atoms with Crippen LogP contribution in [0.2, 0.25) is 0 Å². The molecule has 1 aromatic heterocycles. The van der Waals surface area contributed by atoms with E-state index in [1.165, 1.54) is 4.57 Å². The smallest absolute Gasteiger partial charge is 0.265 e. The second-order valence-corrected chi connectivity index (χ2v) is 3.96. The Morgan fingerprint density at radius 3 is 2.77 bits per heavy atom. The summed E-state index contributed by atoms with van der Waals surface area (Å²) in [5.74, 6) is 0.132. The first-order valence-electron chi connectivity index (χ1n) is 4.08. The van der Waals surface area contributed by atoms with Crippen LogP contribution in [0.1, 0.15) is 12.1 Å². The maximum Gasteiger partial charge on any atom is 0.265 e. The number of ketones is 1. The number of nitrogens with zero attached hydrogens (tertiary/aromatic N) is 1. The maximum atomic E-state index is 11.5. The third-order valence-electron chi connectivity index (χ3n) is 2.21. The number of aromatic nitrogens is 1. The Labute approximate surface area is 83.5 Å². The van der Waals surface area contributed by atoms with Crippen molar-refractivity contribution in [2.45, 2.75) is 19.4 Å². The second kappa shape index (κ2) is 3.10. The van der Waals surface area contributed by atoms with Crippen molar-refractivity contribution in [3.8, 4) is 0 Å². The highest BCUT2D eigenvalue weighted by Crippen LogP contribution is 2.12. The lowest BCUT2D eigenvalue weighted by molar-refractivity contribution is -0.120. The molecular weight excluding hydrogens is 234 g/mol. The first-order valence-corrected chi connectivity index (χ1v) is 4.88. The molecular formula is C9H8BrNO2. The van der Waals surface area contributed by atoms with E-state index in [0.717, 1.165) is 5.69 Å². The zero-order valence-electron chi connectivity index (χ0n) is 6.92. The Kier molecular flexibility index (Phi) is 2.07. The number of hydrogen-bond donors (Lipinski definition) is 0. The Hall–Kier alpha value is -0.900. The predicted molar refractivity (Wildman–Crippen MR) is 51.7 cm³/mol. The Morgan fingerprint density at radius 1 is 1.23 bits per heavy atom. The van der Waals surface area contributed by atoms with E-state index >= 15 is 0 Å². The number of hydrogen-bond acceptors (Lipinski definition) is 2. The summed E-state index contributed by atoms with van der Waals surface area (Å²) in [6, 6.07) is 3.63. The number of rotatable bonds is 0. The van der Waals surface area contributed by atoms with Crippen molar-refractivity contribution in [2.75, 3.05) is 0 Å². The van der Waals surface area contributed by atoms with Gasteiger partial charge in [0.05, 0.1) is 11.0 Å². The molecule has 2 heterocycles. The van der Waals surface area contributed by atoms with Gasteiger partial charge in [-0.15, -0.1) is 0 Å². The summed E-state index contributed by atoms with van der Waals surface area (Å²) in [5, 5.41) is 0. The van der Waals surface area contributed by atoms with Crippen LogP contribution in [0, 0.1) is 0 Å². The zero-order chi connectivity index (χ0) is 9.42. The van der Waals surface area contributed by atoms with Crippen molar-refractivity contribution in [3.63, 3.8) is 0 Å². The molecule has 0 atom stereocenters. The summed E-state index contributed by atoms with van der Waals surface area (Å²) in [4.78, 5) is 22.6. The molecule has 0 fully saturated rings. The molecule has 0 aliphatic carbocycles. The van der Waals surface area contributed by atoms with E-state index in [4.69, 9.17) is 0 Å². The van der Waals surface area contributed by atoms with Crippen LogP contribution in [0.25, 0.3) is 0 Å². The number of carbonyl (C=O) groups is 1. The van der Waals surface area contributed by atoms with Gasteiger partial charge in [-0.25, -0.2) is 0 Å². The summed E-state index contributed by atoms with van der Waals surface area (Å²) >= 11 is 3.15. The molecule has 0 saturated heterocycles. The molecule has 68 valence electrons. The minimum Gasteiger partial charge on any atom is -0.304 e. The van der Waals surface area contributed by atoms with Gasteiger partial charge in [0, 0.05) is 12.1 Å². The highest BCUT2D eigenvalue weighted by molar-refractivity contribution is 9.10. The molecule has 1 aliphatic rings. The quantitative estimate of drug-likeness (QED) is 0.684. The fourth-order valence-electron chi connectivity index (χ4n) is 1.50. The average molecular weight is 242 g/mol. The number of halogens is 1. The molecule has 0 radical (unpaired) electrons. The predicted octanol–water partition coefficient (Wildman–Crippen LogP) is 1.13. The van der Waals surface area contributed by atoms with Gasteiger partial charge in [0.15, 0.2) is 5.78 Å². The van der Waals surface area contributed by atoms with Crippen LogP contribution >= 0.6 is 15.9 Å². The fourth-order valence-corrected chi connectivity index (χ4v) is 1.85. The summed E-state index contributed by atoms with van der Waals surface area (Å²) in [6.45, 7) is 0.230. The van der Waals surface area contributed by atoms with E-state index in [1.54, 1.807) is 6.07 Å². The molecule has 0 unspecified atom stereocenters. The van der Waals surface area contributed by atoms with Crippen molar-refractivity contribution < 1.29 is 4.79 Å². The van der Waals surface area contributed by atoms with Crippen LogP contribution in [0.15, 0.2) is 21.4 Å². The van der Waals surface area contributed by atoms with Gasteiger partial charge >= 0.3 is 0 Å². The first-order chi connectivity index (χ1) is 6.18. The minimum atomic E-state index is -0.106. The summed E-state index contributed by atoms with van der Waals surface area (Å²) in [5.41, 5.74) is 0.846. The van der Waals surface area contributed by atoms with Crippen LogP contribution < -0.4 is 5.56 Å². The van der Waals surface area contributed by atoms with Crippen LogP contribution in [0.4, 0.5) is 0 Å². The van der Waals surface area contributed by atoms with Gasteiger partial charge in [-0.1, -0.05) is 0 Å². The molecule has 0 bridgehead atoms. The lowest BCUT2D eigenvalue weighted by atomic mass is 10.1. The molecule has 0 saturated carbocycles. The molecule has 0 spiro atoms. The molecule has 4 heteroatoms. The van der Waals surface area contributed by atoms with Gasteiger partial charge < -0.3 is 4.57 Å². The number of aryl methyl sites for hydroxylation is 1. The van der Waals surface area contributed by atoms with Crippen molar-refractivity contribution in [3.05, 3.63) is 32.7 Å². The van der Waals surface area contributed by atoms with Gasteiger partial charge in [0.25, 0.3) is 5.56 Å². The second-order valence-electron chi connectivity index (χ2n) is 3.10. The first kappa shape index (κ1) is 8.69. The van der Waals surface area contributed by atoms with Gasteiger partial charge in [-0.2, -0.15) is 0 Å². The van der Waals surface area contributed by atoms with Gasteiger partial charge in [-0.05, 0) is 34.5 Å². The number of Topliss-reactive ketones (excluding diaryl/α,β-unsaturated/α-hetero) is 1. The Balaban J connectivity index is 2.61. The molecule has 1 aromatic rings. The molecule has 0 amide bonds. The number of fused-ring (bicyclic) bond motifs is 1. The van der Waals surface area contributed by atoms with Gasteiger partial charge in [-0.3, -0.25) is 9.59 Å². The molecule has 2 rings (SSSR count). The maximum absolute atomic E-state index is 11.5. The normalized spacial score (nSPS) is 15.6. The summed E-state index contributed by atoms with van der Waals surface area (Å²) in [6.07, 6.45) is 1.24. The van der Waals surface area contributed by atoms with Gasteiger partial charge in [0.1, 0.15) is 0 Å². The van der Waals surface area contributed by atoms with Crippen LogP contribution in [0.5, 0.6) is 0 Å². The van der Waals surface area contributed by atoms with Crippen molar-refractivity contribution >= 4 is 21.7 Å². The summed E-state index contributed by atoms with van der Waals surface area (Å²) in [7, 11) is 0. The van der Waals surface area contributed by atoms with Crippen molar-refractivity contribution in [1.82, 2.24) is 4.57 Å². The average Bonchev–Trinajstić information content (AvgIpc) is 2.12. The third kappa shape index (κ3) is 1.46. The highest BCUT2D eigenvalue weighted by Gasteiger charge is 2.16. The molecule has 1 aliphatic heterocycles. The topological polar surface area (TPSA) is 39.1 Å². The van der Waals surface area contributed by atoms with E-state index in [9.17, 15) is 9.59 Å². The van der Waals surface area contributed by atoms with E-state index in [2.05, 4.69) is 15.9 Å². The molecule has 3 nitrogen and oxygen atoms in total. The largest absolute Gasteiger partial charge is 0.304 e. The van der Waals surface area contributed by atoms with Crippen LogP contribution in [-0.2, 0) is 17.8 Å². The van der Waals surface area contributed by atoms with E-state index < -0.39 is 0 Å². The minimum absolute atomic E-state index is 0.106. The lowest BCUT2D eigenvalue weighted by Crippen LogP contribution is -2.31. The van der Waals surface area contributed by atoms with Crippen molar-refractivity contribution in [2.24, 2.45) is 0 Å². The summed E-state index contributed by atoms with van der Waals surface area (Å²) < 4.78 is 2.06. The Morgan fingerprint density at radius 2 is 2.00 bits per heavy atom. The Bertz CT molecular complexity index is 422. The molecule has 13 heavy (non-hydrogen) atoms. The highest BCUT2D eigenvalue weighted by atomic mass is 79.9. The monoisotopic (exact) mass is 241 g/mol. The van der Waals surface area contributed by atoms with Crippen molar-refractivity contribution in [1.29, 1.82) is 0 Å². The molecule has 0 aromatic carbocycles. The fraction of sp³-hybridized carbons (Fsp3) is 0.333.